The van der Waals surface area contributed by atoms with E-state index >= 15 is 0 Å². The molecule has 0 saturated heterocycles. The molecular formula is C14H17N5O. The summed E-state index contributed by atoms with van der Waals surface area (Å²) in [5.41, 5.74) is 4.03. The first-order chi connectivity index (χ1) is 9.65. The van der Waals surface area contributed by atoms with E-state index in [1.807, 2.05) is 6.07 Å². The molecule has 0 spiro atoms. The van der Waals surface area contributed by atoms with Crippen molar-refractivity contribution in [3.8, 4) is 0 Å². The number of hydrogen-bond donors (Lipinski definition) is 2. The molecule has 3 rings (SSSR count). The van der Waals surface area contributed by atoms with Gasteiger partial charge in [-0.05, 0) is 23.6 Å². The Morgan fingerprint density at radius 1 is 1.50 bits per heavy atom. The molecule has 20 heavy (non-hydrogen) atoms. The number of rotatable bonds is 2. The fraction of sp³-hybridized carbons (Fsp3) is 0.357. The summed E-state index contributed by atoms with van der Waals surface area (Å²) in [6.07, 6.45) is 1.61. The van der Waals surface area contributed by atoms with Gasteiger partial charge >= 0.3 is 0 Å². The number of aromatic nitrogens is 3. The normalized spacial score (nSPS) is 17.6. The molecule has 0 radical (unpaired) electrons. The minimum Gasteiger partial charge on any atom is -0.342 e. The average molecular weight is 271 g/mol. The number of nitrogens with zero attached hydrogens (tertiary/aromatic N) is 3. The van der Waals surface area contributed by atoms with Crippen LogP contribution >= 0.6 is 0 Å². The van der Waals surface area contributed by atoms with E-state index in [-0.39, 0.29) is 11.9 Å². The summed E-state index contributed by atoms with van der Waals surface area (Å²) in [7, 11) is 1.74. The lowest BCUT2D eigenvalue weighted by molar-refractivity contribution is 0.0929. The number of nitrogens with one attached hydrogen (secondary N) is 2. The van der Waals surface area contributed by atoms with Crippen molar-refractivity contribution in [3.05, 3.63) is 46.8 Å². The molecule has 1 amide bonds. The molecule has 2 aromatic rings. The van der Waals surface area contributed by atoms with Gasteiger partial charge in [-0.15, -0.1) is 5.10 Å². The summed E-state index contributed by atoms with van der Waals surface area (Å²) >= 11 is 0. The summed E-state index contributed by atoms with van der Waals surface area (Å²) in [6, 6.07) is 6.16. The molecule has 2 N–H and O–H groups in total. The molecule has 1 aliphatic heterocycles. The molecule has 2 heterocycles. The monoisotopic (exact) mass is 271 g/mol. The van der Waals surface area contributed by atoms with E-state index in [1.54, 1.807) is 13.2 Å². The first-order valence-electron chi connectivity index (χ1n) is 6.61. The molecule has 0 saturated carbocycles. The van der Waals surface area contributed by atoms with E-state index in [1.165, 1.54) is 21.4 Å². The van der Waals surface area contributed by atoms with Gasteiger partial charge < -0.3 is 10.6 Å². The molecule has 0 fully saturated rings. The second kappa shape index (κ2) is 5.05. The van der Waals surface area contributed by atoms with E-state index < -0.39 is 0 Å². The Labute approximate surface area is 117 Å². The Kier molecular flexibility index (Phi) is 3.23. The van der Waals surface area contributed by atoms with Crippen molar-refractivity contribution in [1.29, 1.82) is 0 Å². The lowest BCUT2D eigenvalue weighted by atomic mass is 9.93. The SMILES string of the molecule is Cc1cccc2c1CNCC2NC(=O)c1cn(C)nn1. The largest absolute Gasteiger partial charge is 0.342 e. The quantitative estimate of drug-likeness (QED) is 0.843. The summed E-state index contributed by atoms with van der Waals surface area (Å²) in [4.78, 5) is 12.2. The van der Waals surface area contributed by atoms with E-state index in [4.69, 9.17) is 0 Å². The second-order valence-electron chi connectivity index (χ2n) is 5.08. The van der Waals surface area contributed by atoms with Gasteiger partial charge in [-0.2, -0.15) is 0 Å². The summed E-state index contributed by atoms with van der Waals surface area (Å²) in [5, 5.41) is 14.0. The van der Waals surface area contributed by atoms with E-state index in [9.17, 15) is 4.79 Å². The van der Waals surface area contributed by atoms with Crippen molar-refractivity contribution in [2.45, 2.75) is 19.5 Å². The summed E-state index contributed by atoms with van der Waals surface area (Å²) in [5.74, 6) is -0.195. The first kappa shape index (κ1) is 12.8. The van der Waals surface area contributed by atoms with E-state index in [0.29, 0.717) is 5.69 Å². The highest BCUT2D eigenvalue weighted by molar-refractivity contribution is 5.92. The Balaban J connectivity index is 1.83. The Bertz CT molecular complexity index is 649. The van der Waals surface area contributed by atoms with Crippen molar-refractivity contribution in [1.82, 2.24) is 25.6 Å². The number of hydrogen-bond acceptors (Lipinski definition) is 4. The van der Waals surface area contributed by atoms with E-state index in [0.717, 1.165) is 13.1 Å². The zero-order chi connectivity index (χ0) is 14.1. The Hall–Kier alpha value is -2.21. The van der Waals surface area contributed by atoms with Crippen molar-refractivity contribution in [2.24, 2.45) is 7.05 Å². The van der Waals surface area contributed by atoms with Crippen LogP contribution in [0.4, 0.5) is 0 Å². The smallest absolute Gasteiger partial charge is 0.273 e. The second-order valence-corrected chi connectivity index (χ2v) is 5.08. The first-order valence-corrected chi connectivity index (χ1v) is 6.61. The maximum absolute atomic E-state index is 12.2. The highest BCUT2D eigenvalue weighted by Crippen LogP contribution is 2.24. The van der Waals surface area contributed by atoms with Crippen LogP contribution in [0.25, 0.3) is 0 Å². The lowest BCUT2D eigenvalue weighted by Crippen LogP contribution is -2.39. The van der Waals surface area contributed by atoms with Crippen LogP contribution in [-0.4, -0.2) is 27.4 Å². The highest BCUT2D eigenvalue weighted by Gasteiger charge is 2.23. The molecule has 0 bridgehead atoms. The van der Waals surface area contributed by atoms with Gasteiger partial charge in [0.2, 0.25) is 0 Å². The summed E-state index contributed by atoms with van der Waals surface area (Å²) in [6.45, 7) is 3.66. The average Bonchev–Trinajstić information content (AvgIpc) is 2.87. The predicted octanol–water partition coefficient (Wildman–Crippen LogP) is 0.698. The highest BCUT2D eigenvalue weighted by atomic mass is 16.2. The van der Waals surface area contributed by atoms with Gasteiger partial charge in [0.05, 0.1) is 12.2 Å². The van der Waals surface area contributed by atoms with Gasteiger partial charge in [0.15, 0.2) is 5.69 Å². The molecule has 6 heteroatoms. The minimum absolute atomic E-state index is 0.0341. The number of carbonyl (C=O) groups excluding carboxylic acids is 1. The molecule has 6 nitrogen and oxygen atoms in total. The Morgan fingerprint density at radius 2 is 2.35 bits per heavy atom. The molecule has 0 aliphatic carbocycles. The van der Waals surface area contributed by atoms with Crippen molar-refractivity contribution >= 4 is 5.91 Å². The topological polar surface area (TPSA) is 71.8 Å². The standard InChI is InChI=1S/C14H17N5O/c1-9-4-3-5-10-11(9)6-15-7-12(10)16-14(20)13-8-19(2)18-17-13/h3-5,8,12,15H,6-7H2,1-2H3,(H,16,20). The molecule has 104 valence electrons. The zero-order valence-electron chi connectivity index (χ0n) is 11.6. The van der Waals surface area contributed by atoms with Crippen LogP contribution in [-0.2, 0) is 13.6 Å². The third-order valence-electron chi connectivity index (χ3n) is 3.61. The van der Waals surface area contributed by atoms with Crippen molar-refractivity contribution < 1.29 is 4.79 Å². The fourth-order valence-corrected chi connectivity index (χ4v) is 2.56. The molecule has 1 unspecified atom stereocenters. The van der Waals surface area contributed by atoms with Gasteiger partial charge in [-0.25, -0.2) is 0 Å². The van der Waals surface area contributed by atoms with Crippen LogP contribution in [0, 0.1) is 6.92 Å². The van der Waals surface area contributed by atoms with Crippen LogP contribution < -0.4 is 10.6 Å². The maximum atomic E-state index is 12.2. The van der Waals surface area contributed by atoms with Gasteiger partial charge in [0.1, 0.15) is 0 Å². The molecule has 1 aromatic heterocycles. The number of fused-ring (bicyclic) bond motifs is 1. The van der Waals surface area contributed by atoms with Gasteiger partial charge in [0.25, 0.3) is 5.91 Å². The number of carbonyl (C=O) groups is 1. The number of benzene rings is 1. The van der Waals surface area contributed by atoms with Crippen molar-refractivity contribution in [3.63, 3.8) is 0 Å². The van der Waals surface area contributed by atoms with Crippen molar-refractivity contribution in [2.75, 3.05) is 6.54 Å². The number of amides is 1. The number of aryl methyl sites for hydroxylation is 2. The molecule has 1 atom stereocenters. The maximum Gasteiger partial charge on any atom is 0.273 e. The lowest BCUT2D eigenvalue weighted by Gasteiger charge is -2.28. The minimum atomic E-state index is -0.195. The van der Waals surface area contributed by atoms with Crippen LogP contribution in [0.3, 0.4) is 0 Å². The molecular weight excluding hydrogens is 254 g/mol. The third kappa shape index (κ3) is 2.30. The molecule has 1 aliphatic rings. The van der Waals surface area contributed by atoms with Crippen LogP contribution in [0.2, 0.25) is 0 Å². The predicted molar refractivity (Wildman–Crippen MR) is 74.1 cm³/mol. The fourth-order valence-electron chi connectivity index (χ4n) is 2.56. The summed E-state index contributed by atoms with van der Waals surface area (Å²) < 4.78 is 1.52. The van der Waals surface area contributed by atoms with Crippen LogP contribution in [0.1, 0.15) is 33.2 Å². The van der Waals surface area contributed by atoms with Crippen LogP contribution in [0.15, 0.2) is 24.4 Å². The Morgan fingerprint density at radius 3 is 3.10 bits per heavy atom. The van der Waals surface area contributed by atoms with Gasteiger partial charge in [-0.3, -0.25) is 9.48 Å². The third-order valence-corrected chi connectivity index (χ3v) is 3.61. The zero-order valence-corrected chi connectivity index (χ0v) is 11.6. The molecule has 1 aromatic carbocycles. The van der Waals surface area contributed by atoms with Gasteiger partial charge in [0, 0.05) is 20.1 Å². The van der Waals surface area contributed by atoms with Crippen LogP contribution in [0.5, 0.6) is 0 Å². The van der Waals surface area contributed by atoms with Gasteiger partial charge in [-0.1, -0.05) is 23.4 Å². The van der Waals surface area contributed by atoms with E-state index in [2.05, 4.69) is 40.0 Å².